The smallest absolute Gasteiger partial charge is 0.136 e. The van der Waals surface area contributed by atoms with E-state index in [4.69, 9.17) is 4.42 Å². The molecule has 0 aliphatic rings. The van der Waals surface area contributed by atoms with Crippen molar-refractivity contribution in [3.05, 3.63) is 207 Å². The number of hydrogen-bond acceptors (Lipinski definition) is 3. The molecule has 254 valence electrons. The minimum Gasteiger partial charge on any atom is -0.456 e. The van der Waals surface area contributed by atoms with Gasteiger partial charge in [0.05, 0.1) is 0 Å². The Morgan fingerprint density at radius 3 is 1.44 bits per heavy atom. The van der Waals surface area contributed by atoms with Crippen molar-refractivity contribution < 1.29 is 4.42 Å². The number of anilines is 3. The minimum atomic E-state index is 0.871. The Morgan fingerprint density at radius 1 is 0.352 bits per heavy atom. The highest BCUT2D eigenvalue weighted by molar-refractivity contribution is 6.25. The van der Waals surface area contributed by atoms with E-state index in [0.29, 0.717) is 0 Å². The largest absolute Gasteiger partial charge is 0.456 e. The summed E-state index contributed by atoms with van der Waals surface area (Å²) in [6.07, 6.45) is 3.73. The minimum absolute atomic E-state index is 0.871. The molecule has 0 fully saturated rings. The van der Waals surface area contributed by atoms with Gasteiger partial charge in [-0.25, -0.2) is 0 Å². The van der Waals surface area contributed by atoms with Crippen molar-refractivity contribution in [3.63, 3.8) is 0 Å². The van der Waals surface area contributed by atoms with Crippen LogP contribution in [0.3, 0.4) is 0 Å². The van der Waals surface area contributed by atoms with Gasteiger partial charge >= 0.3 is 0 Å². The summed E-state index contributed by atoms with van der Waals surface area (Å²) in [6.45, 7) is 0. The van der Waals surface area contributed by atoms with E-state index < -0.39 is 0 Å². The van der Waals surface area contributed by atoms with Crippen LogP contribution in [0.25, 0.3) is 77.2 Å². The van der Waals surface area contributed by atoms with Gasteiger partial charge in [-0.2, -0.15) is 0 Å². The van der Waals surface area contributed by atoms with Gasteiger partial charge < -0.3 is 9.32 Å². The van der Waals surface area contributed by atoms with Gasteiger partial charge in [0, 0.05) is 45.8 Å². The van der Waals surface area contributed by atoms with Crippen LogP contribution in [0, 0.1) is 0 Å². The van der Waals surface area contributed by atoms with Crippen LogP contribution in [-0.4, -0.2) is 4.98 Å². The number of rotatable bonds is 7. The van der Waals surface area contributed by atoms with Crippen molar-refractivity contribution >= 4 is 49.8 Å². The monoisotopic (exact) mass is 690 g/mol. The van der Waals surface area contributed by atoms with Gasteiger partial charge in [0.1, 0.15) is 11.2 Å². The number of pyridine rings is 1. The maximum atomic E-state index is 6.62. The summed E-state index contributed by atoms with van der Waals surface area (Å²) in [5, 5.41) is 4.60. The summed E-state index contributed by atoms with van der Waals surface area (Å²) < 4.78 is 6.62. The molecule has 2 aromatic heterocycles. The fourth-order valence-corrected chi connectivity index (χ4v) is 7.79. The normalized spacial score (nSPS) is 11.3. The van der Waals surface area contributed by atoms with E-state index in [1.165, 1.54) is 33.0 Å². The maximum absolute atomic E-state index is 6.62. The summed E-state index contributed by atoms with van der Waals surface area (Å²) in [4.78, 5) is 6.73. The molecular weight excluding hydrogens is 657 g/mol. The van der Waals surface area contributed by atoms with E-state index in [1.54, 1.807) is 0 Å². The van der Waals surface area contributed by atoms with Crippen molar-refractivity contribution in [1.29, 1.82) is 0 Å². The second-order valence-electron chi connectivity index (χ2n) is 13.6. The highest BCUT2D eigenvalue weighted by atomic mass is 16.3. The number of aromatic nitrogens is 1. The van der Waals surface area contributed by atoms with Crippen molar-refractivity contribution in [3.8, 4) is 44.5 Å². The molecule has 0 atom stereocenters. The van der Waals surface area contributed by atoms with Crippen LogP contribution in [-0.2, 0) is 0 Å². The predicted octanol–water partition coefficient (Wildman–Crippen LogP) is 14.3. The molecule has 0 aliphatic carbocycles. The van der Waals surface area contributed by atoms with Gasteiger partial charge in [-0.05, 0) is 104 Å². The third-order valence-corrected chi connectivity index (χ3v) is 10.4. The lowest BCUT2D eigenvalue weighted by Crippen LogP contribution is -2.09. The lowest BCUT2D eigenvalue weighted by Gasteiger charge is -2.26. The van der Waals surface area contributed by atoms with Crippen LogP contribution in [0.2, 0.25) is 0 Å². The van der Waals surface area contributed by atoms with E-state index in [-0.39, 0.29) is 0 Å². The van der Waals surface area contributed by atoms with Gasteiger partial charge in [-0.15, -0.1) is 0 Å². The quantitative estimate of drug-likeness (QED) is 0.167. The molecule has 2 heterocycles. The van der Waals surface area contributed by atoms with Crippen LogP contribution >= 0.6 is 0 Å². The summed E-state index contributed by atoms with van der Waals surface area (Å²) in [5.74, 6) is 0. The van der Waals surface area contributed by atoms with Gasteiger partial charge in [0.2, 0.25) is 0 Å². The van der Waals surface area contributed by atoms with Crippen molar-refractivity contribution in [2.75, 3.05) is 4.90 Å². The Kier molecular flexibility index (Phi) is 7.81. The molecule has 0 bridgehead atoms. The van der Waals surface area contributed by atoms with E-state index >= 15 is 0 Å². The number of furan rings is 1. The molecule has 0 N–H and O–H groups in total. The molecule has 54 heavy (non-hydrogen) atoms. The molecule has 0 spiro atoms. The molecular formula is C51H34N2O. The van der Waals surface area contributed by atoms with Crippen molar-refractivity contribution in [2.45, 2.75) is 0 Å². The van der Waals surface area contributed by atoms with Crippen molar-refractivity contribution in [2.24, 2.45) is 0 Å². The van der Waals surface area contributed by atoms with Crippen molar-refractivity contribution in [1.82, 2.24) is 4.98 Å². The van der Waals surface area contributed by atoms with Gasteiger partial charge in [0.15, 0.2) is 0 Å². The standard InChI is InChI=1S/C51H34N2O/c1-3-11-35(12-4-1)37-20-26-41(27-21-37)53(42-28-22-38(23-29-42)36-13-5-2-6-14-36)43-30-24-39(25-31-43)47-33-49-51(46-17-8-7-16-45(46)47)50-44(18-9-19-48(50)54-49)40-15-10-32-52-34-40/h1-34H. The predicted molar refractivity (Wildman–Crippen MR) is 225 cm³/mol. The second-order valence-corrected chi connectivity index (χ2v) is 13.6. The molecule has 0 saturated carbocycles. The lowest BCUT2D eigenvalue weighted by molar-refractivity contribution is 0.669. The van der Waals surface area contributed by atoms with E-state index in [9.17, 15) is 0 Å². The fourth-order valence-electron chi connectivity index (χ4n) is 7.79. The average Bonchev–Trinajstić information content (AvgIpc) is 3.64. The number of benzene rings is 8. The topological polar surface area (TPSA) is 29.3 Å². The van der Waals surface area contributed by atoms with E-state index in [1.807, 2.05) is 18.5 Å². The Morgan fingerprint density at radius 2 is 0.870 bits per heavy atom. The molecule has 0 amide bonds. The van der Waals surface area contributed by atoms with E-state index in [2.05, 4.69) is 198 Å². The maximum Gasteiger partial charge on any atom is 0.136 e. The number of nitrogens with zero attached hydrogens (tertiary/aromatic N) is 2. The first-order chi connectivity index (χ1) is 26.8. The van der Waals surface area contributed by atoms with Crippen LogP contribution in [0.1, 0.15) is 0 Å². The summed E-state index contributed by atoms with van der Waals surface area (Å²) >= 11 is 0. The molecule has 0 unspecified atom stereocenters. The highest BCUT2D eigenvalue weighted by Gasteiger charge is 2.19. The molecule has 0 saturated heterocycles. The first-order valence-electron chi connectivity index (χ1n) is 18.3. The first-order valence-corrected chi connectivity index (χ1v) is 18.3. The Hall–Kier alpha value is -7.23. The van der Waals surface area contributed by atoms with Crippen LogP contribution < -0.4 is 4.90 Å². The Bertz CT molecular complexity index is 2800. The average molecular weight is 691 g/mol. The Balaban J connectivity index is 1.08. The third-order valence-electron chi connectivity index (χ3n) is 10.4. The Labute approximate surface area is 314 Å². The molecule has 0 radical (unpaired) electrons. The lowest BCUT2D eigenvalue weighted by atomic mass is 9.93. The van der Waals surface area contributed by atoms with Gasteiger partial charge in [-0.3, -0.25) is 4.98 Å². The van der Waals surface area contributed by atoms with E-state index in [0.717, 1.165) is 61.3 Å². The molecule has 10 rings (SSSR count). The molecule has 3 nitrogen and oxygen atoms in total. The third kappa shape index (κ3) is 5.60. The SMILES string of the molecule is c1ccc(-c2ccc(N(c3ccc(-c4ccccc4)cc3)c3ccc(-c4cc5oc6cccc(-c7cccnc7)c6c5c5ccccc45)cc3)cc2)cc1. The molecule has 3 heteroatoms. The van der Waals surface area contributed by atoms with Crippen LogP contribution in [0.5, 0.6) is 0 Å². The molecule has 10 aromatic rings. The van der Waals surface area contributed by atoms with Crippen LogP contribution in [0.4, 0.5) is 17.1 Å². The van der Waals surface area contributed by atoms with Gasteiger partial charge in [0.25, 0.3) is 0 Å². The summed E-state index contributed by atoms with van der Waals surface area (Å²) in [5.41, 5.74) is 14.2. The fraction of sp³-hybridized carbons (Fsp3) is 0. The zero-order valence-electron chi connectivity index (χ0n) is 29.4. The summed E-state index contributed by atoms with van der Waals surface area (Å²) in [7, 11) is 0. The van der Waals surface area contributed by atoms with Gasteiger partial charge in [-0.1, -0.05) is 140 Å². The first kappa shape index (κ1) is 31.5. The number of fused-ring (bicyclic) bond motifs is 5. The second kappa shape index (κ2) is 13.4. The summed E-state index contributed by atoms with van der Waals surface area (Å²) in [6, 6.07) is 68.9. The molecule has 0 aliphatic heterocycles. The zero-order chi connectivity index (χ0) is 35.8. The molecule has 8 aromatic carbocycles. The number of hydrogen-bond donors (Lipinski definition) is 0. The zero-order valence-corrected chi connectivity index (χ0v) is 29.4. The van der Waals surface area contributed by atoms with Crippen LogP contribution in [0.15, 0.2) is 211 Å². The highest BCUT2D eigenvalue weighted by Crippen LogP contribution is 2.44.